The normalized spacial score (nSPS) is 6.23. The van der Waals surface area contributed by atoms with E-state index in [9.17, 15) is 0 Å². The van der Waals surface area contributed by atoms with Gasteiger partial charge >= 0.3 is 0 Å². The predicted octanol–water partition coefficient (Wildman–Crippen LogP) is 4.25. The first-order valence-electron chi connectivity index (χ1n) is 3.80. The van der Waals surface area contributed by atoms with Gasteiger partial charge in [0.1, 0.15) is 0 Å². The van der Waals surface area contributed by atoms with E-state index in [-0.39, 0.29) is 14.9 Å². The highest BCUT2D eigenvalue weighted by molar-refractivity contribution is 5.27. The standard InChI is InChI=1S/C7H5N.C3H8.2CH4/c8-6-7-4-2-1-3-5-7;1-3-2;;/h1-5H;3H2,1-2H3;2*1H4. The highest BCUT2D eigenvalue weighted by Crippen LogP contribution is 1.92. The van der Waals surface area contributed by atoms with Crippen LogP contribution in [0.3, 0.4) is 0 Å². The molecule has 0 fully saturated rings. The first-order valence-corrected chi connectivity index (χ1v) is 3.80. The zero-order valence-electron chi connectivity index (χ0n) is 7.04. The molecular formula is C12H21N. The molecule has 0 atom stereocenters. The average Bonchev–Trinajstić information content (AvgIpc) is 2.08. The molecule has 0 aromatic heterocycles. The number of hydrogen-bond acceptors (Lipinski definition) is 1. The SMILES string of the molecule is C.C.CCC.N#Cc1ccccc1. The van der Waals surface area contributed by atoms with Gasteiger partial charge in [-0.2, -0.15) is 5.26 Å². The van der Waals surface area contributed by atoms with Crippen LogP contribution in [-0.2, 0) is 0 Å². The van der Waals surface area contributed by atoms with Crippen molar-refractivity contribution < 1.29 is 0 Å². The first kappa shape index (κ1) is 17.7. The van der Waals surface area contributed by atoms with E-state index in [0.717, 1.165) is 0 Å². The fraction of sp³-hybridized carbons (Fsp3) is 0.417. The van der Waals surface area contributed by atoms with E-state index in [1.165, 1.54) is 6.42 Å². The van der Waals surface area contributed by atoms with Crippen molar-refractivity contribution in [1.29, 1.82) is 5.26 Å². The number of hydrogen-bond donors (Lipinski definition) is 0. The highest BCUT2D eigenvalue weighted by atomic mass is 14.2. The first-order chi connectivity index (χ1) is 5.35. The average molecular weight is 179 g/mol. The van der Waals surface area contributed by atoms with Gasteiger partial charge in [0.25, 0.3) is 0 Å². The Morgan fingerprint density at radius 3 is 1.69 bits per heavy atom. The summed E-state index contributed by atoms with van der Waals surface area (Å²) in [6.07, 6.45) is 1.25. The lowest BCUT2D eigenvalue weighted by molar-refractivity contribution is 1.09. The Morgan fingerprint density at radius 1 is 1.08 bits per heavy atom. The monoisotopic (exact) mass is 179 g/mol. The van der Waals surface area contributed by atoms with Crippen LogP contribution in [-0.4, -0.2) is 0 Å². The highest BCUT2D eigenvalue weighted by Gasteiger charge is 1.79. The van der Waals surface area contributed by atoms with E-state index in [1.807, 2.05) is 24.3 Å². The summed E-state index contributed by atoms with van der Waals surface area (Å²) in [6, 6.07) is 11.2. The third-order valence-electron chi connectivity index (χ3n) is 0.903. The van der Waals surface area contributed by atoms with Gasteiger partial charge in [-0.1, -0.05) is 53.3 Å². The second-order valence-corrected chi connectivity index (χ2v) is 2.18. The molecule has 0 N–H and O–H groups in total. The summed E-state index contributed by atoms with van der Waals surface area (Å²) in [5, 5.41) is 8.29. The molecule has 1 aromatic rings. The molecule has 0 saturated heterocycles. The summed E-state index contributed by atoms with van der Waals surface area (Å²) in [7, 11) is 0. The summed E-state index contributed by atoms with van der Waals surface area (Å²) < 4.78 is 0. The third kappa shape index (κ3) is 10.7. The van der Waals surface area contributed by atoms with Crippen LogP contribution in [0.5, 0.6) is 0 Å². The van der Waals surface area contributed by atoms with Gasteiger partial charge in [-0.05, 0) is 12.1 Å². The fourth-order valence-corrected chi connectivity index (χ4v) is 0.513. The zero-order chi connectivity index (χ0) is 8.53. The Bertz CT molecular complexity index is 208. The molecule has 0 aliphatic rings. The molecule has 0 aliphatic carbocycles. The molecular weight excluding hydrogens is 158 g/mol. The molecule has 0 aliphatic heterocycles. The maximum atomic E-state index is 8.29. The quantitative estimate of drug-likeness (QED) is 0.584. The summed E-state index contributed by atoms with van der Waals surface area (Å²) >= 11 is 0. The third-order valence-corrected chi connectivity index (χ3v) is 0.903. The van der Waals surface area contributed by atoms with Crippen molar-refractivity contribution in [2.45, 2.75) is 35.1 Å². The summed E-state index contributed by atoms with van der Waals surface area (Å²) in [6.45, 7) is 4.25. The second kappa shape index (κ2) is 13.3. The van der Waals surface area contributed by atoms with Crippen LogP contribution in [0.1, 0.15) is 40.7 Å². The molecule has 1 aromatic carbocycles. The van der Waals surface area contributed by atoms with Crippen LogP contribution in [0, 0.1) is 11.3 Å². The van der Waals surface area contributed by atoms with Gasteiger partial charge in [0.15, 0.2) is 0 Å². The van der Waals surface area contributed by atoms with Crippen molar-refractivity contribution in [3.63, 3.8) is 0 Å². The van der Waals surface area contributed by atoms with E-state index in [1.54, 1.807) is 12.1 Å². The number of nitrogens with zero attached hydrogens (tertiary/aromatic N) is 1. The van der Waals surface area contributed by atoms with Gasteiger partial charge in [0, 0.05) is 0 Å². The number of benzene rings is 1. The van der Waals surface area contributed by atoms with Crippen LogP contribution >= 0.6 is 0 Å². The van der Waals surface area contributed by atoms with E-state index < -0.39 is 0 Å². The largest absolute Gasteiger partial charge is 0.192 e. The maximum absolute atomic E-state index is 8.29. The molecule has 13 heavy (non-hydrogen) atoms. The minimum absolute atomic E-state index is 0. The van der Waals surface area contributed by atoms with Crippen molar-refractivity contribution in [1.82, 2.24) is 0 Å². The van der Waals surface area contributed by atoms with Gasteiger partial charge < -0.3 is 0 Å². The van der Waals surface area contributed by atoms with Crippen molar-refractivity contribution in [3.05, 3.63) is 35.9 Å². The van der Waals surface area contributed by atoms with Crippen molar-refractivity contribution in [2.75, 3.05) is 0 Å². The Balaban J connectivity index is -0.000000180. The lowest BCUT2D eigenvalue weighted by Crippen LogP contribution is -1.66. The molecule has 0 spiro atoms. The smallest absolute Gasteiger partial charge is 0.0991 e. The van der Waals surface area contributed by atoms with E-state index >= 15 is 0 Å². The van der Waals surface area contributed by atoms with Gasteiger partial charge in [-0.3, -0.25) is 0 Å². The molecule has 0 amide bonds. The lowest BCUT2D eigenvalue weighted by Gasteiger charge is -1.80. The summed E-state index contributed by atoms with van der Waals surface area (Å²) in [5.41, 5.74) is 0.715. The van der Waals surface area contributed by atoms with Crippen molar-refractivity contribution >= 4 is 0 Å². The van der Waals surface area contributed by atoms with Crippen LogP contribution in [0.25, 0.3) is 0 Å². The van der Waals surface area contributed by atoms with Crippen LogP contribution in [0.15, 0.2) is 30.3 Å². The van der Waals surface area contributed by atoms with Gasteiger partial charge in [0.05, 0.1) is 11.6 Å². The topological polar surface area (TPSA) is 23.8 Å². The molecule has 0 radical (unpaired) electrons. The molecule has 0 unspecified atom stereocenters. The van der Waals surface area contributed by atoms with Crippen molar-refractivity contribution in [3.8, 4) is 6.07 Å². The molecule has 0 heterocycles. The Hall–Kier alpha value is -1.29. The minimum Gasteiger partial charge on any atom is -0.192 e. The molecule has 0 bridgehead atoms. The van der Waals surface area contributed by atoms with E-state index in [4.69, 9.17) is 5.26 Å². The number of rotatable bonds is 0. The Kier molecular flexibility index (Phi) is 18.1. The molecule has 0 saturated carbocycles. The molecule has 1 rings (SSSR count). The fourth-order valence-electron chi connectivity index (χ4n) is 0.513. The Morgan fingerprint density at radius 2 is 1.46 bits per heavy atom. The summed E-state index contributed by atoms with van der Waals surface area (Å²) in [4.78, 5) is 0. The van der Waals surface area contributed by atoms with Gasteiger partial charge in [-0.15, -0.1) is 0 Å². The predicted molar refractivity (Wildman–Crippen MR) is 60.6 cm³/mol. The van der Waals surface area contributed by atoms with Crippen LogP contribution in [0.2, 0.25) is 0 Å². The van der Waals surface area contributed by atoms with Crippen LogP contribution < -0.4 is 0 Å². The second-order valence-electron chi connectivity index (χ2n) is 2.18. The van der Waals surface area contributed by atoms with Crippen LogP contribution in [0.4, 0.5) is 0 Å². The van der Waals surface area contributed by atoms with Gasteiger partial charge in [-0.25, -0.2) is 0 Å². The number of nitriles is 1. The van der Waals surface area contributed by atoms with E-state index in [2.05, 4.69) is 13.8 Å². The van der Waals surface area contributed by atoms with E-state index in [0.29, 0.717) is 5.56 Å². The lowest BCUT2D eigenvalue weighted by atomic mass is 10.2. The maximum Gasteiger partial charge on any atom is 0.0991 e. The molecule has 1 nitrogen and oxygen atoms in total. The zero-order valence-corrected chi connectivity index (χ0v) is 7.04. The summed E-state index contributed by atoms with van der Waals surface area (Å²) in [5.74, 6) is 0. The molecule has 74 valence electrons. The molecule has 1 heteroatoms. The Labute approximate surface area is 83.0 Å². The minimum atomic E-state index is 0. The van der Waals surface area contributed by atoms with Gasteiger partial charge in [0.2, 0.25) is 0 Å². The van der Waals surface area contributed by atoms with Crippen molar-refractivity contribution in [2.24, 2.45) is 0 Å².